The number of hydrogen-bond acceptors (Lipinski definition) is 6. The molecule has 0 unspecified atom stereocenters. The van der Waals surface area contributed by atoms with Crippen LogP contribution in [0, 0.1) is 10.1 Å². The molecule has 0 saturated heterocycles. The van der Waals surface area contributed by atoms with Gasteiger partial charge in [-0.1, -0.05) is 0 Å². The molecule has 1 N–H and O–H groups in total. The van der Waals surface area contributed by atoms with Crippen molar-refractivity contribution in [1.29, 1.82) is 0 Å². The molecule has 0 fully saturated rings. The van der Waals surface area contributed by atoms with Crippen molar-refractivity contribution in [3.63, 3.8) is 0 Å². The van der Waals surface area contributed by atoms with Crippen molar-refractivity contribution in [3.05, 3.63) is 52.2 Å². The molecule has 0 amide bonds. The zero-order valence-electron chi connectivity index (χ0n) is 10.8. The molecule has 0 radical (unpaired) electrons. The average Bonchev–Trinajstić information content (AvgIpc) is 2.47. The van der Waals surface area contributed by atoms with Gasteiger partial charge in [0.1, 0.15) is 5.56 Å². The first-order chi connectivity index (χ1) is 10.0. The number of nitro benzene ring substituents is 1. The summed E-state index contributed by atoms with van der Waals surface area (Å²) in [4.78, 5) is 25.1. The number of carboxylic acid groups (broad SMARTS) is 1. The molecule has 0 aliphatic heterocycles. The SMILES string of the molecule is COc1ccc([N+](=O)[O-])cc1Oc1ncccc1C(=O)O. The van der Waals surface area contributed by atoms with Gasteiger partial charge in [-0.05, 0) is 18.2 Å². The molecule has 0 spiro atoms. The van der Waals surface area contributed by atoms with Gasteiger partial charge in [0.05, 0.1) is 18.1 Å². The van der Waals surface area contributed by atoms with Gasteiger partial charge in [-0.15, -0.1) is 0 Å². The van der Waals surface area contributed by atoms with Crippen LogP contribution in [0.5, 0.6) is 17.4 Å². The maximum Gasteiger partial charge on any atom is 0.341 e. The minimum Gasteiger partial charge on any atom is -0.493 e. The van der Waals surface area contributed by atoms with Crippen molar-refractivity contribution in [1.82, 2.24) is 4.98 Å². The minimum atomic E-state index is -1.22. The highest BCUT2D eigenvalue weighted by atomic mass is 16.6. The lowest BCUT2D eigenvalue weighted by molar-refractivity contribution is -0.384. The van der Waals surface area contributed by atoms with Gasteiger partial charge in [0.25, 0.3) is 5.69 Å². The monoisotopic (exact) mass is 290 g/mol. The van der Waals surface area contributed by atoms with Crippen LogP contribution in [0.25, 0.3) is 0 Å². The first-order valence-corrected chi connectivity index (χ1v) is 5.71. The van der Waals surface area contributed by atoms with E-state index in [1.54, 1.807) is 0 Å². The van der Waals surface area contributed by atoms with Crippen LogP contribution in [0.2, 0.25) is 0 Å². The Hall–Kier alpha value is -3.16. The van der Waals surface area contributed by atoms with Gasteiger partial charge in [-0.25, -0.2) is 9.78 Å². The molecule has 1 aromatic carbocycles. The number of carboxylic acids is 1. The van der Waals surface area contributed by atoms with Crippen LogP contribution in [0.4, 0.5) is 5.69 Å². The van der Waals surface area contributed by atoms with Gasteiger partial charge in [0.15, 0.2) is 11.5 Å². The highest BCUT2D eigenvalue weighted by Crippen LogP contribution is 2.35. The summed E-state index contributed by atoms with van der Waals surface area (Å²) in [5, 5.41) is 19.8. The lowest BCUT2D eigenvalue weighted by Crippen LogP contribution is -2.02. The van der Waals surface area contributed by atoms with Gasteiger partial charge in [-0.2, -0.15) is 0 Å². The predicted molar refractivity (Wildman–Crippen MR) is 70.9 cm³/mol. The van der Waals surface area contributed by atoms with Crippen LogP contribution in [-0.2, 0) is 0 Å². The molecule has 8 nitrogen and oxygen atoms in total. The summed E-state index contributed by atoms with van der Waals surface area (Å²) in [6, 6.07) is 6.51. The summed E-state index contributed by atoms with van der Waals surface area (Å²) in [6.07, 6.45) is 1.35. The Morgan fingerprint density at radius 1 is 1.33 bits per heavy atom. The van der Waals surface area contributed by atoms with E-state index in [9.17, 15) is 14.9 Å². The molecular formula is C13H10N2O6. The quantitative estimate of drug-likeness (QED) is 0.664. The van der Waals surface area contributed by atoms with E-state index in [1.165, 1.54) is 37.6 Å². The molecule has 2 aromatic rings. The summed E-state index contributed by atoms with van der Waals surface area (Å²) in [7, 11) is 1.37. The van der Waals surface area contributed by atoms with Crippen molar-refractivity contribution in [2.45, 2.75) is 0 Å². The second kappa shape index (κ2) is 5.87. The molecular weight excluding hydrogens is 280 g/mol. The summed E-state index contributed by atoms with van der Waals surface area (Å²) >= 11 is 0. The number of aromatic nitrogens is 1. The normalized spacial score (nSPS) is 9.95. The van der Waals surface area contributed by atoms with E-state index in [2.05, 4.69) is 4.98 Å². The van der Waals surface area contributed by atoms with Gasteiger partial charge in [-0.3, -0.25) is 10.1 Å². The first kappa shape index (κ1) is 14.3. The first-order valence-electron chi connectivity index (χ1n) is 5.71. The standard InChI is InChI=1S/C13H10N2O6/c1-20-10-5-4-8(15(18)19)7-11(10)21-12-9(13(16)17)3-2-6-14-12/h2-7H,1H3,(H,16,17). The van der Waals surface area contributed by atoms with Crippen LogP contribution in [-0.4, -0.2) is 28.1 Å². The van der Waals surface area contributed by atoms with E-state index < -0.39 is 10.9 Å². The summed E-state index contributed by atoms with van der Waals surface area (Å²) in [5.74, 6) is -1.17. The Labute approximate surface area is 118 Å². The molecule has 8 heteroatoms. The minimum absolute atomic E-state index is 0.00731. The van der Waals surface area contributed by atoms with E-state index in [-0.39, 0.29) is 28.6 Å². The van der Waals surface area contributed by atoms with E-state index >= 15 is 0 Å². The van der Waals surface area contributed by atoms with Crippen LogP contribution in [0.1, 0.15) is 10.4 Å². The molecule has 0 saturated carbocycles. The Balaban J connectivity index is 2.45. The third-order valence-corrected chi connectivity index (χ3v) is 2.57. The summed E-state index contributed by atoms with van der Waals surface area (Å²) in [6.45, 7) is 0. The largest absolute Gasteiger partial charge is 0.493 e. The van der Waals surface area contributed by atoms with Crippen LogP contribution in [0.15, 0.2) is 36.5 Å². The molecule has 0 aliphatic rings. The summed E-state index contributed by atoms with van der Waals surface area (Å²) in [5.41, 5.74) is -0.371. The molecule has 0 bridgehead atoms. The van der Waals surface area contributed by atoms with E-state index in [1.807, 2.05) is 0 Å². The molecule has 2 rings (SSSR count). The zero-order chi connectivity index (χ0) is 15.4. The number of ether oxygens (including phenoxy) is 2. The van der Waals surface area contributed by atoms with Crippen LogP contribution < -0.4 is 9.47 Å². The maximum absolute atomic E-state index is 11.1. The second-order valence-corrected chi connectivity index (χ2v) is 3.86. The number of carbonyl (C=O) groups is 1. The second-order valence-electron chi connectivity index (χ2n) is 3.86. The molecule has 1 aromatic heterocycles. The van der Waals surface area contributed by atoms with Crippen molar-refractivity contribution in [2.24, 2.45) is 0 Å². The molecule has 21 heavy (non-hydrogen) atoms. The molecule has 1 heterocycles. The van der Waals surface area contributed by atoms with Crippen molar-refractivity contribution in [2.75, 3.05) is 7.11 Å². The Morgan fingerprint density at radius 3 is 2.71 bits per heavy atom. The van der Waals surface area contributed by atoms with Crippen molar-refractivity contribution < 1.29 is 24.3 Å². The Kier molecular flexibility index (Phi) is 3.98. The zero-order valence-corrected chi connectivity index (χ0v) is 10.8. The number of methoxy groups -OCH3 is 1. The van der Waals surface area contributed by atoms with Crippen molar-refractivity contribution in [3.8, 4) is 17.4 Å². The van der Waals surface area contributed by atoms with Gasteiger partial charge >= 0.3 is 5.97 Å². The number of rotatable bonds is 5. The van der Waals surface area contributed by atoms with Gasteiger partial charge in [0.2, 0.25) is 5.88 Å². The van der Waals surface area contributed by atoms with E-state index in [0.717, 1.165) is 6.07 Å². The fraction of sp³-hybridized carbons (Fsp3) is 0.0769. The van der Waals surface area contributed by atoms with Crippen LogP contribution in [0.3, 0.4) is 0 Å². The number of hydrogen-bond donors (Lipinski definition) is 1. The number of nitrogens with zero attached hydrogens (tertiary/aromatic N) is 2. The lowest BCUT2D eigenvalue weighted by Gasteiger charge is -2.10. The van der Waals surface area contributed by atoms with Gasteiger partial charge < -0.3 is 14.6 Å². The number of benzene rings is 1. The number of nitro groups is 1. The summed E-state index contributed by atoms with van der Waals surface area (Å²) < 4.78 is 10.4. The topological polar surface area (TPSA) is 112 Å². The number of aromatic carboxylic acids is 1. The van der Waals surface area contributed by atoms with Gasteiger partial charge in [0, 0.05) is 12.3 Å². The van der Waals surface area contributed by atoms with Crippen LogP contribution >= 0.6 is 0 Å². The van der Waals surface area contributed by atoms with E-state index in [0.29, 0.717) is 0 Å². The highest BCUT2D eigenvalue weighted by Gasteiger charge is 2.17. The predicted octanol–water partition coefficient (Wildman–Crippen LogP) is 2.49. The number of non-ortho nitro benzene ring substituents is 1. The molecule has 0 atom stereocenters. The fourth-order valence-electron chi connectivity index (χ4n) is 1.60. The molecule has 108 valence electrons. The third kappa shape index (κ3) is 3.06. The maximum atomic E-state index is 11.1. The Bertz CT molecular complexity index is 701. The lowest BCUT2D eigenvalue weighted by atomic mass is 10.2. The average molecular weight is 290 g/mol. The number of pyridine rings is 1. The van der Waals surface area contributed by atoms with Crippen molar-refractivity contribution >= 4 is 11.7 Å². The third-order valence-electron chi connectivity index (χ3n) is 2.57. The fourth-order valence-corrected chi connectivity index (χ4v) is 1.60. The molecule has 0 aliphatic carbocycles. The highest BCUT2D eigenvalue weighted by molar-refractivity contribution is 5.90. The smallest absolute Gasteiger partial charge is 0.341 e. The van der Waals surface area contributed by atoms with E-state index in [4.69, 9.17) is 14.6 Å². The Morgan fingerprint density at radius 2 is 2.10 bits per heavy atom.